The van der Waals surface area contributed by atoms with Gasteiger partial charge in [0.2, 0.25) is 0 Å². The average Bonchev–Trinajstić information content (AvgIpc) is 2.37. The molecule has 0 heterocycles. The van der Waals surface area contributed by atoms with Gasteiger partial charge in [0.25, 0.3) is 0 Å². The molecule has 1 aromatic rings. The Morgan fingerprint density at radius 2 is 1.89 bits per heavy atom. The standard InChI is InChI=1S/C14H20F3NO/c1-2-19-10-6-9-18-13(11-14(15,16)17)12-7-4-3-5-8-12/h3-5,7-8,13,18H,2,6,9-11H2,1H3. The van der Waals surface area contributed by atoms with Crippen molar-refractivity contribution >= 4 is 0 Å². The molecule has 0 bridgehead atoms. The number of hydrogen-bond acceptors (Lipinski definition) is 2. The molecule has 19 heavy (non-hydrogen) atoms. The second-order valence-electron chi connectivity index (χ2n) is 4.29. The number of alkyl halides is 3. The lowest BCUT2D eigenvalue weighted by Gasteiger charge is -2.20. The Labute approximate surface area is 112 Å². The third-order valence-electron chi connectivity index (χ3n) is 2.70. The second-order valence-corrected chi connectivity index (χ2v) is 4.29. The SMILES string of the molecule is CCOCCCNC(CC(F)(F)F)c1ccccc1. The zero-order valence-corrected chi connectivity index (χ0v) is 11.0. The van der Waals surface area contributed by atoms with Gasteiger partial charge in [-0.2, -0.15) is 13.2 Å². The van der Waals surface area contributed by atoms with Gasteiger partial charge in [-0.1, -0.05) is 30.3 Å². The third kappa shape index (κ3) is 7.18. The van der Waals surface area contributed by atoms with E-state index in [-0.39, 0.29) is 0 Å². The lowest BCUT2D eigenvalue weighted by molar-refractivity contribution is -0.140. The fourth-order valence-corrected chi connectivity index (χ4v) is 1.82. The molecule has 0 spiro atoms. The maximum Gasteiger partial charge on any atom is 0.390 e. The summed E-state index contributed by atoms with van der Waals surface area (Å²) in [5.41, 5.74) is 0.663. The van der Waals surface area contributed by atoms with Crippen LogP contribution in [0.5, 0.6) is 0 Å². The zero-order valence-electron chi connectivity index (χ0n) is 11.0. The van der Waals surface area contributed by atoms with E-state index in [2.05, 4.69) is 5.32 Å². The van der Waals surface area contributed by atoms with E-state index in [1.807, 2.05) is 6.92 Å². The summed E-state index contributed by atoms with van der Waals surface area (Å²) in [6, 6.07) is 8.03. The third-order valence-corrected chi connectivity index (χ3v) is 2.70. The van der Waals surface area contributed by atoms with E-state index >= 15 is 0 Å². The number of benzene rings is 1. The van der Waals surface area contributed by atoms with Crippen LogP contribution in [-0.4, -0.2) is 25.9 Å². The molecular weight excluding hydrogens is 255 g/mol. The highest BCUT2D eigenvalue weighted by molar-refractivity contribution is 5.19. The zero-order chi connectivity index (χ0) is 14.1. The minimum atomic E-state index is -4.17. The van der Waals surface area contributed by atoms with Gasteiger partial charge in [-0.05, 0) is 25.5 Å². The van der Waals surface area contributed by atoms with E-state index in [0.717, 1.165) is 0 Å². The molecule has 0 aliphatic carbocycles. The Bertz CT molecular complexity index is 340. The summed E-state index contributed by atoms with van der Waals surface area (Å²) in [5.74, 6) is 0. The molecule has 0 aliphatic heterocycles. The summed E-state index contributed by atoms with van der Waals surface area (Å²) < 4.78 is 42.8. The van der Waals surface area contributed by atoms with Crippen LogP contribution in [0.1, 0.15) is 31.4 Å². The first-order valence-electron chi connectivity index (χ1n) is 6.45. The number of nitrogens with one attached hydrogen (secondary N) is 1. The highest BCUT2D eigenvalue weighted by Crippen LogP contribution is 2.29. The molecule has 0 aromatic heterocycles. The van der Waals surface area contributed by atoms with Gasteiger partial charge in [0.1, 0.15) is 0 Å². The lowest BCUT2D eigenvalue weighted by Crippen LogP contribution is -2.28. The van der Waals surface area contributed by atoms with E-state index in [4.69, 9.17) is 4.74 Å². The predicted octanol–water partition coefficient (Wildman–Crippen LogP) is 3.70. The van der Waals surface area contributed by atoms with Crippen molar-refractivity contribution in [2.24, 2.45) is 0 Å². The lowest BCUT2D eigenvalue weighted by atomic mass is 10.0. The van der Waals surface area contributed by atoms with Gasteiger partial charge >= 0.3 is 6.18 Å². The van der Waals surface area contributed by atoms with Crippen LogP contribution in [-0.2, 0) is 4.74 Å². The molecule has 1 unspecified atom stereocenters. The molecule has 0 fully saturated rings. The largest absolute Gasteiger partial charge is 0.390 e. The van der Waals surface area contributed by atoms with Crippen LogP contribution < -0.4 is 5.32 Å². The topological polar surface area (TPSA) is 21.3 Å². The monoisotopic (exact) mass is 275 g/mol. The number of hydrogen-bond donors (Lipinski definition) is 1. The molecule has 1 atom stereocenters. The van der Waals surface area contributed by atoms with Crippen molar-refractivity contribution in [3.05, 3.63) is 35.9 Å². The van der Waals surface area contributed by atoms with Gasteiger partial charge in [-0.15, -0.1) is 0 Å². The molecule has 0 saturated carbocycles. The smallest absolute Gasteiger partial charge is 0.382 e. The Balaban J connectivity index is 2.51. The Morgan fingerprint density at radius 3 is 2.47 bits per heavy atom. The van der Waals surface area contributed by atoms with Gasteiger partial charge < -0.3 is 10.1 Å². The Hall–Kier alpha value is -1.07. The van der Waals surface area contributed by atoms with Crippen molar-refractivity contribution in [1.82, 2.24) is 5.32 Å². The first-order valence-corrected chi connectivity index (χ1v) is 6.45. The number of rotatable bonds is 8. The van der Waals surface area contributed by atoms with E-state index in [0.29, 0.717) is 31.7 Å². The van der Waals surface area contributed by atoms with Crippen LogP contribution in [0.2, 0.25) is 0 Å². The van der Waals surface area contributed by atoms with Crippen LogP contribution in [0.15, 0.2) is 30.3 Å². The minimum absolute atomic E-state index is 0.510. The first-order chi connectivity index (χ1) is 9.03. The summed E-state index contributed by atoms with van der Waals surface area (Å²) in [6.07, 6.45) is -4.33. The van der Waals surface area contributed by atoms with Crippen LogP contribution in [0.3, 0.4) is 0 Å². The molecule has 0 amide bonds. The summed E-state index contributed by atoms with van der Waals surface area (Å²) in [5, 5.41) is 2.95. The fourth-order valence-electron chi connectivity index (χ4n) is 1.82. The van der Waals surface area contributed by atoms with E-state index < -0.39 is 18.6 Å². The van der Waals surface area contributed by atoms with Crippen LogP contribution in [0.25, 0.3) is 0 Å². The summed E-state index contributed by atoms with van der Waals surface area (Å²) in [4.78, 5) is 0. The van der Waals surface area contributed by atoms with Gasteiger partial charge in [-0.25, -0.2) is 0 Å². The first kappa shape index (κ1) is 16.0. The number of ether oxygens (including phenoxy) is 1. The maximum atomic E-state index is 12.6. The highest BCUT2D eigenvalue weighted by Gasteiger charge is 2.32. The molecule has 0 saturated heterocycles. The van der Waals surface area contributed by atoms with E-state index in [1.54, 1.807) is 30.3 Å². The van der Waals surface area contributed by atoms with Crippen molar-refractivity contribution in [2.75, 3.05) is 19.8 Å². The minimum Gasteiger partial charge on any atom is -0.382 e. The molecule has 5 heteroatoms. The van der Waals surface area contributed by atoms with Gasteiger partial charge in [0.15, 0.2) is 0 Å². The van der Waals surface area contributed by atoms with Crippen LogP contribution in [0.4, 0.5) is 13.2 Å². The Morgan fingerprint density at radius 1 is 1.21 bits per heavy atom. The van der Waals surface area contributed by atoms with Crippen LogP contribution >= 0.6 is 0 Å². The fraction of sp³-hybridized carbons (Fsp3) is 0.571. The van der Waals surface area contributed by atoms with Crippen molar-refractivity contribution in [3.63, 3.8) is 0 Å². The molecule has 0 radical (unpaired) electrons. The van der Waals surface area contributed by atoms with Gasteiger partial charge in [-0.3, -0.25) is 0 Å². The average molecular weight is 275 g/mol. The molecular formula is C14H20F3NO. The van der Waals surface area contributed by atoms with Crippen molar-refractivity contribution < 1.29 is 17.9 Å². The van der Waals surface area contributed by atoms with Gasteiger partial charge in [0, 0.05) is 19.3 Å². The van der Waals surface area contributed by atoms with Crippen molar-refractivity contribution in [1.29, 1.82) is 0 Å². The maximum absolute atomic E-state index is 12.6. The molecule has 1 aromatic carbocycles. The van der Waals surface area contributed by atoms with Gasteiger partial charge in [0.05, 0.1) is 6.42 Å². The molecule has 0 aliphatic rings. The summed E-state index contributed by atoms with van der Waals surface area (Å²) in [6.45, 7) is 3.60. The van der Waals surface area contributed by atoms with Crippen molar-refractivity contribution in [3.8, 4) is 0 Å². The molecule has 1 rings (SSSR count). The molecule has 2 nitrogen and oxygen atoms in total. The quantitative estimate of drug-likeness (QED) is 0.730. The van der Waals surface area contributed by atoms with E-state index in [1.165, 1.54) is 0 Å². The molecule has 1 N–H and O–H groups in total. The summed E-state index contributed by atoms with van der Waals surface area (Å²) >= 11 is 0. The van der Waals surface area contributed by atoms with Crippen LogP contribution in [0, 0.1) is 0 Å². The normalized spacial score (nSPS) is 13.5. The van der Waals surface area contributed by atoms with Crippen molar-refractivity contribution in [2.45, 2.75) is 32.0 Å². The van der Waals surface area contributed by atoms with E-state index in [9.17, 15) is 13.2 Å². The molecule has 108 valence electrons. The highest BCUT2D eigenvalue weighted by atomic mass is 19.4. The number of halogens is 3. The Kier molecular flexibility index (Phi) is 6.87. The summed E-state index contributed by atoms with van der Waals surface area (Å²) in [7, 11) is 0. The predicted molar refractivity (Wildman–Crippen MR) is 69.0 cm³/mol. The second kappa shape index (κ2) is 8.17.